The number of carboxylic acid groups (broad SMARTS) is 1. The van der Waals surface area contributed by atoms with Crippen molar-refractivity contribution >= 4 is 5.97 Å². The molecule has 0 aliphatic rings. The molecule has 4 heteroatoms. The molecular formula is C11H23NO3. The van der Waals surface area contributed by atoms with Crippen LogP contribution in [-0.2, 0) is 9.53 Å². The van der Waals surface area contributed by atoms with Gasteiger partial charge in [0.1, 0.15) is 5.54 Å². The third kappa shape index (κ3) is 4.62. The molecular weight excluding hydrogens is 194 g/mol. The first kappa shape index (κ1) is 14.4. The van der Waals surface area contributed by atoms with E-state index in [1.165, 1.54) is 0 Å². The quantitative estimate of drug-likeness (QED) is 0.576. The number of hydrogen-bond acceptors (Lipinski definition) is 3. The van der Waals surface area contributed by atoms with Crippen molar-refractivity contribution in [3.8, 4) is 0 Å². The van der Waals surface area contributed by atoms with Crippen LogP contribution in [0.5, 0.6) is 0 Å². The molecule has 0 saturated heterocycles. The number of hydrogen-bond donors (Lipinski definition) is 2. The molecule has 90 valence electrons. The summed E-state index contributed by atoms with van der Waals surface area (Å²) >= 11 is 0. The lowest BCUT2D eigenvalue weighted by atomic mass is 9.90. The molecule has 0 fully saturated rings. The Labute approximate surface area is 92.0 Å². The van der Waals surface area contributed by atoms with Crippen LogP contribution in [0.1, 0.15) is 39.5 Å². The Balaban J connectivity index is 4.30. The summed E-state index contributed by atoms with van der Waals surface area (Å²) in [5.41, 5.74) is -0.769. The van der Waals surface area contributed by atoms with Gasteiger partial charge >= 0.3 is 5.97 Å². The van der Waals surface area contributed by atoms with Crippen molar-refractivity contribution in [1.29, 1.82) is 0 Å². The predicted molar refractivity (Wildman–Crippen MR) is 60.1 cm³/mol. The molecule has 0 aliphatic carbocycles. The fourth-order valence-corrected chi connectivity index (χ4v) is 1.59. The van der Waals surface area contributed by atoms with Gasteiger partial charge in [-0.3, -0.25) is 10.1 Å². The maximum Gasteiger partial charge on any atom is 0.323 e. The molecule has 4 nitrogen and oxygen atoms in total. The van der Waals surface area contributed by atoms with Crippen LogP contribution in [0.3, 0.4) is 0 Å². The maximum atomic E-state index is 11.2. The lowest BCUT2D eigenvalue weighted by Crippen LogP contribution is -2.52. The third-order valence-electron chi connectivity index (χ3n) is 2.74. The van der Waals surface area contributed by atoms with Crippen LogP contribution in [0, 0.1) is 0 Å². The second-order valence-corrected chi connectivity index (χ2v) is 3.76. The van der Waals surface area contributed by atoms with Crippen molar-refractivity contribution in [3.05, 3.63) is 0 Å². The van der Waals surface area contributed by atoms with Crippen LogP contribution in [0.2, 0.25) is 0 Å². The second kappa shape index (κ2) is 7.65. The molecule has 0 rings (SSSR count). The SMILES string of the molecule is CCCCC(CC)(NCCOC)C(=O)O. The minimum absolute atomic E-state index is 0.543. The highest BCUT2D eigenvalue weighted by atomic mass is 16.5. The van der Waals surface area contributed by atoms with Gasteiger partial charge < -0.3 is 9.84 Å². The van der Waals surface area contributed by atoms with E-state index < -0.39 is 11.5 Å². The summed E-state index contributed by atoms with van der Waals surface area (Å²) in [5.74, 6) is -0.755. The molecule has 0 aromatic rings. The van der Waals surface area contributed by atoms with Gasteiger partial charge in [0.05, 0.1) is 6.61 Å². The summed E-state index contributed by atoms with van der Waals surface area (Å²) in [6.07, 6.45) is 3.23. The number of unbranched alkanes of at least 4 members (excludes halogenated alkanes) is 1. The van der Waals surface area contributed by atoms with Crippen molar-refractivity contribution in [2.45, 2.75) is 45.1 Å². The number of ether oxygens (including phenoxy) is 1. The average Bonchev–Trinajstić information content (AvgIpc) is 2.23. The number of carbonyl (C=O) groups is 1. The minimum Gasteiger partial charge on any atom is -0.480 e. The van der Waals surface area contributed by atoms with E-state index in [9.17, 15) is 9.90 Å². The van der Waals surface area contributed by atoms with Gasteiger partial charge in [-0.05, 0) is 12.8 Å². The van der Waals surface area contributed by atoms with Gasteiger partial charge in [-0.1, -0.05) is 26.7 Å². The zero-order chi connectivity index (χ0) is 11.7. The summed E-state index contributed by atoms with van der Waals surface area (Å²) in [4.78, 5) is 11.2. The second-order valence-electron chi connectivity index (χ2n) is 3.76. The molecule has 0 aromatic heterocycles. The van der Waals surface area contributed by atoms with Crippen LogP contribution in [0.25, 0.3) is 0 Å². The topological polar surface area (TPSA) is 58.6 Å². The molecule has 0 heterocycles. The van der Waals surface area contributed by atoms with Crippen molar-refractivity contribution < 1.29 is 14.6 Å². The molecule has 0 aromatic carbocycles. The van der Waals surface area contributed by atoms with E-state index in [4.69, 9.17) is 4.74 Å². The fourth-order valence-electron chi connectivity index (χ4n) is 1.59. The fraction of sp³-hybridized carbons (Fsp3) is 0.909. The van der Waals surface area contributed by atoms with Crippen LogP contribution >= 0.6 is 0 Å². The van der Waals surface area contributed by atoms with Gasteiger partial charge in [0, 0.05) is 13.7 Å². The molecule has 15 heavy (non-hydrogen) atoms. The Hall–Kier alpha value is -0.610. The van der Waals surface area contributed by atoms with Gasteiger partial charge in [0.15, 0.2) is 0 Å². The average molecular weight is 217 g/mol. The van der Waals surface area contributed by atoms with Crippen LogP contribution in [0.15, 0.2) is 0 Å². The lowest BCUT2D eigenvalue weighted by Gasteiger charge is -2.29. The summed E-state index contributed by atoms with van der Waals surface area (Å²) in [6.45, 7) is 5.10. The molecule has 0 bridgehead atoms. The summed E-state index contributed by atoms with van der Waals surface area (Å²) < 4.78 is 4.91. The van der Waals surface area contributed by atoms with E-state index in [0.29, 0.717) is 26.0 Å². The van der Waals surface area contributed by atoms with E-state index >= 15 is 0 Å². The highest BCUT2D eigenvalue weighted by Gasteiger charge is 2.34. The number of rotatable bonds is 9. The van der Waals surface area contributed by atoms with Crippen molar-refractivity contribution in [2.75, 3.05) is 20.3 Å². The van der Waals surface area contributed by atoms with E-state index in [1.54, 1.807) is 7.11 Å². The molecule has 1 unspecified atom stereocenters. The first-order chi connectivity index (χ1) is 7.13. The Kier molecular flexibility index (Phi) is 7.34. The van der Waals surface area contributed by atoms with Gasteiger partial charge in [0.25, 0.3) is 0 Å². The first-order valence-electron chi connectivity index (χ1n) is 5.60. The van der Waals surface area contributed by atoms with Crippen molar-refractivity contribution in [2.24, 2.45) is 0 Å². The highest BCUT2D eigenvalue weighted by Crippen LogP contribution is 2.18. The number of methoxy groups -OCH3 is 1. The van der Waals surface area contributed by atoms with Gasteiger partial charge in [0.2, 0.25) is 0 Å². The Bertz CT molecular complexity index is 185. The Morgan fingerprint density at radius 2 is 2.13 bits per heavy atom. The standard InChI is InChI=1S/C11H23NO3/c1-4-6-7-11(5-2,10(13)14)12-8-9-15-3/h12H,4-9H2,1-3H3,(H,13,14). The van der Waals surface area contributed by atoms with Crippen molar-refractivity contribution in [3.63, 3.8) is 0 Å². The molecule has 0 radical (unpaired) electrons. The van der Waals surface area contributed by atoms with Crippen LogP contribution < -0.4 is 5.32 Å². The monoisotopic (exact) mass is 217 g/mol. The molecule has 2 N–H and O–H groups in total. The number of aliphatic carboxylic acids is 1. The Morgan fingerprint density at radius 3 is 2.53 bits per heavy atom. The summed E-state index contributed by atoms with van der Waals surface area (Å²) in [7, 11) is 1.61. The van der Waals surface area contributed by atoms with E-state index in [1.807, 2.05) is 6.92 Å². The Morgan fingerprint density at radius 1 is 1.47 bits per heavy atom. The van der Waals surface area contributed by atoms with Gasteiger partial charge in [-0.15, -0.1) is 0 Å². The summed E-state index contributed by atoms with van der Waals surface area (Å²) in [5, 5.41) is 12.3. The largest absolute Gasteiger partial charge is 0.480 e. The van der Waals surface area contributed by atoms with E-state index in [2.05, 4.69) is 12.2 Å². The number of carboxylic acids is 1. The predicted octanol–water partition coefficient (Wildman–Crippen LogP) is 1.65. The molecule has 1 atom stereocenters. The third-order valence-corrected chi connectivity index (χ3v) is 2.74. The molecule has 0 amide bonds. The normalized spacial score (nSPS) is 14.9. The maximum absolute atomic E-state index is 11.2. The van der Waals surface area contributed by atoms with Gasteiger partial charge in [-0.25, -0.2) is 0 Å². The van der Waals surface area contributed by atoms with Crippen LogP contribution in [0.4, 0.5) is 0 Å². The first-order valence-corrected chi connectivity index (χ1v) is 5.60. The smallest absolute Gasteiger partial charge is 0.323 e. The number of nitrogens with one attached hydrogen (secondary N) is 1. The van der Waals surface area contributed by atoms with E-state index in [0.717, 1.165) is 12.8 Å². The molecule has 0 spiro atoms. The highest BCUT2D eigenvalue weighted by molar-refractivity contribution is 5.78. The zero-order valence-corrected chi connectivity index (χ0v) is 10.0. The van der Waals surface area contributed by atoms with Crippen molar-refractivity contribution in [1.82, 2.24) is 5.32 Å². The molecule has 0 aliphatic heterocycles. The minimum atomic E-state index is -0.769. The zero-order valence-electron chi connectivity index (χ0n) is 10.0. The molecule has 0 saturated carbocycles. The lowest BCUT2D eigenvalue weighted by molar-refractivity contribution is -0.145. The summed E-state index contributed by atoms with van der Waals surface area (Å²) in [6, 6.07) is 0. The van der Waals surface area contributed by atoms with Crippen LogP contribution in [-0.4, -0.2) is 36.9 Å². The van der Waals surface area contributed by atoms with E-state index in [-0.39, 0.29) is 0 Å². The van der Waals surface area contributed by atoms with Gasteiger partial charge in [-0.2, -0.15) is 0 Å².